The second-order valence-corrected chi connectivity index (χ2v) is 6.84. The Morgan fingerprint density at radius 2 is 1.55 bits per heavy atom. The molecule has 0 saturated carbocycles. The first-order chi connectivity index (χ1) is 10.4. The third-order valence-corrected chi connectivity index (χ3v) is 3.81. The molecular weight excluding hydrogens is 270 g/mol. The van der Waals surface area contributed by atoms with E-state index >= 15 is 0 Å². The average molecular weight is 295 g/mol. The number of ketones is 1. The molecule has 2 nitrogen and oxygen atoms in total. The largest absolute Gasteiger partial charge is 0.306 e. The van der Waals surface area contributed by atoms with Crippen molar-refractivity contribution in [3.63, 3.8) is 0 Å². The second-order valence-electron chi connectivity index (χ2n) is 6.84. The first kappa shape index (κ1) is 16.4. The van der Waals surface area contributed by atoms with E-state index < -0.39 is 0 Å². The molecule has 22 heavy (non-hydrogen) atoms. The molecule has 1 N–H and O–H groups in total. The predicted octanol–water partition coefficient (Wildman–Crippen LogP) is 4.27. The number of nitrogens with one attached hydrogen (secondary N) is 1. The molecule has 2 heteroatoms. The van der Waals surface area contributed by atoms with Crippen LogP contribution in [0.25, 0.3) is 0 Å². The van der Waals surface area contributed by atoms with Gasteiger partial charge in [0.2, 0.25) is 0 Å². The molecule has 0 aromatic heterocycles. The summed E-state index contributed by atoms with van der Waals surface area (Å²) in [5.41, 5.74) is 4.58. The summed E-state index contributed by atoms with van der Waals surface area (Å²) in [5.74, 6) is 0.132. The van der Waals surface area contributed by atoms with E-state index in [-0.39, 0.29) is 11.2 Å². The standard InChI is InChI=1S/C20H25NO/c1-15-5-7-16(8-6-15)13-21-14-19(22)17-9-11-18(12-10-17)20(2,3)4/h5-12,21H,13-14H2,1-4H3. The molecule has 2 aromatic rings. The van der Waals surface area contributed by atoms with E-state index in [0.717, 1.165) is 5.56 Å². The number of Topliss-reactive ketones (excluding diaryl/α,β-unsaturated/α-hetero) is 1. The molecule has 0 radical (unpaired) electrons. The molecule has 0 unspecified atom stereocenters. The van der Waals surface area contributed by atoms with E-state index in [1.807, 2.05) is 24.3 Å². The lowest BCUT2D eigenvalue weighted by Gasteiger charge is -2.19. The van der Waals surface area contributed by atoms with Gasteiger partial charge in [-0.25, -0.2) is 0 Å². The van der Waals surface area contributed by atoms with Crippen LogP contribution in [0.2, 0.25) is 0 Å². The number of hydrogen-bond donors (Lipinski definition) is 1. The SMILES string of the molecule is Cc1ccc(CNCC(=O)c2ccc(C(C)(C)C)cc2)cc1. The van der Waals surface area contributed by atoms with Gasteiger partial charge in [0.1, 0.15) is 0 Å². The Morgan fingerprint density at radius 3 is 2.09 bits per heavy atom. The van der Waals surface area contributed by atoms with Gasteiger partial charge in [-0.2, -0.15) is 0 Å². The van der Waals surface area contributed by atoms with E-state index in [0.29, 0.717) is 13.1 Å². The zero-order valence-corrected chi connectivity index (χ0v) is 13.9. The van der Waals surface area contributed by atoms with Crippen molar-refractivity contribution in [3.8, 4) is 0 Å². The number of carbonyl (C=O) groups is 1. The van der Waals surface area contributed by atoms with E-state index in [9.17, 15) is 4.79 Å². The molecule has 0 fully saturated rings. The summed E-state index contributed by atoms with van der Waals surface area (Å²) in [5, 5.41) is 3.21. The van der Waals surface area contributed by atoms with Crippen LogP contribution in [0.1, 0.15) is 47.8 Å². The van der Waals surface area contributed by atoms with Gasteiger partial charge >= 0.3 is 0 Å². The van der Waals surface area contributed by atoms with Gasteiger partial charge in [-0.15, -0.1) is 0 Å². The molecule has 0 spiro atoms. The number of rotatable bonds is 5. The van der Waals surface area contributed by atoms with Crippen molar-refractivity contribution >= 4 is 5.78 Å². The van der Waals surface area contributed by atoms with Crippen LogP contribution in [0.4, 0.5) is 0 Å². The second kappa shape index (κ2) is 6.89. The van der Waals surface area contributed by atoms with Crippen LogP contribution in [-0.2, 0) is 12.0 Å². The molecule has 0 aliphatic heterocycles. The third kappa shape index (κ3) is 4.54. The van der Waals surface area contributed by atoms with Crippen molar-refractivity contribution in [2.24, 2.45) is 0 Å². The Hall–Kier alpha value is -1.93. The molecule has 0 amide bonds. The van der Waals surface area contributed by atoms with Crippen LogP contribution in [-0.4, -0.2) is 12.3 Å². The van der Waals surface area contributed by atoms with Crippen LogP contribution >= 0.6 is 0 Å². The normalized spacial score (nSPS) is 11.5. The fraction of sp³-hybridized carbons (Fsp3) is 0.350. The molecule has 0 heterocycles. The highest BCUT2D eigenvalue weighted by atomic mass is 16.1. The van der Waals surface area contributed by atoms with E-state index in [1.165, 1.54) is 16.7 Å². The minimum absolute atomic E-state index is 0.116. The van der Waals surface area contributed by atoms with Gasteiger partial charge in [0, 0.05) is 12.1 Å². The van der Waals surface area contributed by atoms with Crippen molar-refractivity contribution in [3.05, 3.63) is 70.8 Å². The maximum Gasteiger partial charge on any atom is 0.176 e. The minimum Gasteiger partial charge on any atom is -0.306 e. The summed E-state index contributed by atoms with van der Waals surface area (Å²) >= 11 is 0. The van der Waals surface area contributed by atoms with E-state index in [2.05, 4.69) is 57.3 Å². The van der Waals surface area contributed by atoms with Crippen molar-refractivity contribution in [2.75, 3.05) is 6.54 Å². The van der Waals surface area contributed by atoms with Crippen LogP contribution < -0.4 is 5.32 Å². The Morgan fingerprint density at radius 1 is 0.955 bits per heavy atom. The minimum atomic E-state index is 0.116. The quantitative estimate of drug-likeness (QED) is 0.835. The molecule has 2 aromatic carbocycles. The maximum absolute atomic E-state index is 12.2. The van der Waals surface area contributed by atoms with Gasteiger partial charge < -0.3 is 5.32 Å². The first-order valence-corrected chi connectivity index (χ1v) is 7.76. The molecule has 0 bridgehead atoms. The summed E-state index contributed by atoms with van der Waals surface area (Å²) in [6, 6.07) is 16.3. The van der Waals surface area contributed by atoms with Crippen LogP contribution in [0, 0.1) is 6.92 Å². The molecular formula is C20H25NO. The predicted molar refractivity (Wildman–Crippen MR) is 92.4 cm³/mol. The highest BCUT2D eigenvalue weighted by Gasteiger charge is 2.14. The van der Waals surface area contributed by atoms with Gasteiger partial charge in [-0.1, -0.05) is 74.9 Å². The maximum atomic E-state index is 12.2. The van der Waals surface area contributed by atoms with Crippen LogP contribution in [0.5, 0.6) is 0 Å². The van der Waals surface area contributed by atoms with Gasteiger partial charge in [0.15, 0.2) is 5.78 Å². The van der Waals surface area contributed by atoms with Crippen molar-refractivity contribution in [1.82, 2.24) is 5.32 Å². The molecule has 0 saturated heterocycles. The lowest BCUT2D eigenvalue weighted by Crippen LogP contribution is -2.22. The Labute approximate surface area is 133 Å². The molecule has 0 aliphatic rings. The van der Waals surface area contributed by atoms with Gasteiger partial charge in [-0.3, -0.25) is 4.79 Å². The number of benzene rings is 2. The Balaban J connectivity index is 1.88. The van der Waals surface area contributed by atoms with Crippen molar-refractivity contribution in [2.45, 2.75) is 39.7 Å². The summed E-state index contributed by atoms with van der Waals surface area (Å²) in [6.07, 6.45) is 0. The Bertz CT molecular complexity index is 618. The zero-order chi connectivity index (χ0) is 16.2. The van der Waals surface area contributed by atoms with E-state index in [4.69, 9.17) is 0 Å². The first-order valence-electron chi connectivity index (χ1n) is 7.76. The zero-order valence-electron chi connectivity index (χ0n) is 13.9. The lowest BCUT2D eigenvalue weighted by molar-refractivity contribution is 0.0990. The fourth-order valence-electron chi connectivity index (χ4n) is 2.28. The Kier molecular flexibility index (Phi) is 5.15. The molecule has 2 rings (SSSR count). The summed E-state index contributed by atoms with van der Waals surface area (Å²) < 4.78 is 0. The third-order valence-electron chi connectivity index (χ3n) is 3.81. The lowest BCUT2D eigenvalue weighted by atomic mass is 9.86. The number of aryl methyl sites for hydroxylation is 1. The monoisotopic (exact) mass is 295 g/mol. The summed E-state index contributed by atoms with van der Waals surface area (Å²) in [4.78, 5) is 12.2. The fourth-order valence-corrected chi connectivity index (χ4v) is 2.28. The van der Waals surface area contributed by atoms with Gasteiger partial charge in [-0.05, 0) is 23.5 Å². The van der Waals surface area contributed by atoms with Crippen LogP contribution in [0.3, 0.4) is 0 Å². The molecule has 116 valence electrons. The van der Waals surface area contributed by atoms with Crippen molar-refractivity contribution in [1.29, 1.82) is 0 Å². The van der Waals surface area contributed by atoms with Crippen LogP contribution in [0.15, 0.2) is 48.5 Å². The number of hydrogen-bond acceptors (Lipinski definition) is 2. The molecule has 0 atom stereocenters. The summed E-state index contributed by atoms with van der Waals surface area (Å²) in [6.45, 7) is 9.67. The smallest absolute Gasteiger partial charge is 0.176 e. The summed E-state index contributed by atoms with van der Waals surface area (Å²) in [7, 11) is 0. The van der Waals surface area contributed by atoms with Crippen molar-refractivity contribution < 1.29 is 4.79 Å². The highest BCUT2D eigenvalue weighted by Crippen LogP contribution is 2.22. The topological polar surface area (TPSA) is 29.1 Å². The van der Waals surface area contributed by atoms with E-state index in [1.54, 1.807) is 0 Å². The highest BCUT2D eigenvalue weighted by molar-refractivity contribution is 5.97. The average Bonchev–Trinajstić information content (AvgIpc) is 2.48. The number of carbonyl (C=O) groups excluding carboxylic acids is 1. The van der Waals surface area contributed by atoms with Gasteiger partial charge in [0.05, 0.1) is 6.54 Å². The van der Waals surface area contributed by atoms with Gasteiger partial charge in [0.25, 0.3) is 0 Å². The molecule has 0 aliphatic carbocycles.